The molecular formula is C24H26F3N3O4. The third-order valence-electron chi connectivity index (χ3n) is 5.55. The molecular weight excluding hydrogens is 451 g/mol. The van der Waals surface area contributed by atoms with Gasteiger partial charge in [0.2, 0.25) is 0 Å². The van der Waals surface area contributed by atoms with E-state index in [0.717, 1.165) is 6.07 Å². The Balaban J connectivity index is 2.16. The number of amides is 3. The first-order valence-electron chi connectivity index (χ1n) is 10.5. The summed E-state index contributed by atoms with van der Waals surface area (Å²) in [4.78, 5) is 27.8. The van der Waals surface area contributed by atoms with Crippen molar-refractivity contribution in [2.45, 2.75) is 32.1 Å². The highest BCUT2D eigenvalue weighted by Gasteiger charge is 2.42. The average Bonchev–Trinajstić information content (AvgIpc) is 2.78. The maximum atomic E-state index is 13.8. The smallest absolute Gasteiger partial charge is 0.416 e. The molecule has 7 nitrogen and oxygen atoms in total. The topological polar surface area (TPSA) is 79.9 Å². The number of allylic oxidation sites excluding steroid dienone is 1. The predicted octanol–water partition coefficient (Wildman–Crippen LogP) is 4.73. The van der Waals surface area contributed by atoms with Gasteiger partial charge in [-0.15, -0.1) is 0 Å². The van der Waals surface area contributed by atoms with Gasteiger partial charge >= 0.3 is 12.2 Å². The molecule has 0 fully saturated rings. The molecule has 10 heteroatoms. The zero-order chi connectivity index (χ0) is 25.0. The number of rotatable bonds is 7. The molecule has 34 heavy (non-hydrogen) atoms. The molecule has 0 radical (unpaired) electrons. The monoisotopic (exact) mass is 477 g/mol. The van der Waals surface area contributed by atoms with Crippen LogP contribution in [-0.4, -0.2) is 43.7 Å². The molecule has 1 aliphatic heterocycles. The van der Waals surface area contributed by atoms with E-state index in [1.165, 1.54) is 44.2 Å². The molecule has 1 heterocycles. The number of nitrogens with zero attached hydrogens (tertiary/aromatic N) is 1. The van der Waals surface area contributed by atoms with Gasteiger partial charge in [-0.1, -0.05) is 30.3 Å². The fourth-order valence-electron chi connectivity index (χ4n) is 4.08. The van der Waals surface area contributed by atoms with Crippen LogP contribution >= 0.6 is 0 Å². The molecule has 182 valence electrons. The quantitative estimate of drug-likeness (QED) is 0.605. The number of methoxy groups -OCH3 is 2. The summed E-state index contributed by atoms with van der Waals surface area (Å²) in [5.41, 5.74) is -0.625. The van der Waals surface area contributed by atoms with E-state index in [0.29, 0.717) is 11.4 Å². The molecule has 0 unspecified atom stereocenters. The number of hydrogen-bond acceptors (Lipinski definition) is 4. The highest BCUT2D eigenvalue weighted by molar-refractivity contribution is 6.07. The lowest BCUT2D eigenvalue weighted by molar-refractivity contribution is -0.138. The van der Waals surface area contributed by atoms with Gasteiger partial charge < -0.3 is 20.1 Å². The molecule has 2 aromatic carbocycles. The van der Waals surface area contributed by atoms with Gasteiger partial charge in [0, 0.05) is 12.8 Å². The van der Waals surface area contributed by atoms with Gasteiger partial charge in [-0.25, -0.2) is 4.79 Å². The third-order valence-corrected chi connectivity index (χ3v) is 5.55. The molecule has 3 amide bonds. The number of carbonyl (C=O) groups is 2. The number of hydrogen-bond donors (Lipinski definition) is 2. The third kappa shape index (κ3) is 5.01. The van der Waals surface area contributed by atoms with Gasteiger partial charge in [0.25, 0.3) is 5.91 Å². The van der Waals surface area contributed by atoms with E-state index in [9.17, 15) is 22.8 Å². The van der Waals surface area contributed by atoms with Crippen LogP contribution in [0.15, 0.2) is 59.8 Å². The van der Waals surface area contributed by atoms with Gasteiger partial charge in [-0.3, -0.25) is 9.69 Å². The fourth-order valence-corrected chi connectivity index (χ4v) is 4.08. The Kier molecular flexibility index (Phi) is 7.51. The first-order valence-corrected chi connectivity index (χ1v) is 10.5. The van der Waals surface area contributed by atoms with Crippen molar-refractivity contribution >= 4 is 17.6 Å². The predicted molar refractivity (Wildman–Crippen MR) is 120 cm³/mol. The average molecular weight is 477 g/mol. The maximum Gasteiger partial charge on any atom is 0.416 e. The van der Waals surface area contributed by atoms with E-state index in [1.54, 1.807) is 31.2 Å². The lowest BCUT2D eigenvalue weighted by atomic mass is 9.90. The second-order valence-electron chi connectivity index (χ2n) is 7.80. The highest BCUT2D eigenvalue weighted by Crippen LogP contribution is 2.40. The van der Waals surface area contributed by atoms with E-state index in [1.807, 2.05) is 0 Å². The van der Waals surface area contributed by atoms with Crippen molar-refractivity contribution in [1.82, 2.24) is 10.2 Å². The zero-order valence-electron chi connectivity index (χ0n) is 19.2. The summed E-state index contributed by atoms with van der Waals surface area (Å²) >= 11 is 0. The molecule has 2 atom stereocenters. The van der Waals surface area contributed by atoms with E-state index in [4.69, 9.17) is 9.47 Å². The number of para-hydroxylation sites is 2. The number of ether oxygens (including phenoxy) is 2. The Hall–Kier alpha value is -3.53. The van der Waals surface area contributed by atoms with Crippen LogP contribution < -0.4 is 15.4 Å². The van der Waals surface area contributed by atoms with Gasteiger partial charge in [0.05, 0.1) is 42.6 Å². The zero-order valence-corrected chi connectivity index (χ0v) is 19.2. The van der Waals surface area contributed by atoms with Crippen LogP contribution in [0.5, 0.6) is 5.75 Å². The standard InChI is InChI=1S/C24H26F3N3O4/c1-14(13-33-3)30-15(2)20(22(31)28-18-11-7-8-12-19(18)34-4)21(29-23(30)32)16-9-5-6-10-17(16)24(25,26)27/h5-12,14,21H,13H2,1-4H3,(H,28,31)(H,29,32)/t14-,21+/m1/s1. The Labute approximate surface area is 195 Å². The van der Waals surface area contributed by atoms with Crippen LogP contribution in [0.4, 0.5) is 23.7 Å². The molecule has 0 saturated heterocycles. The number of nitrogens with one attached hydrogen (secondary N) is 2. The van der Waals surface area contributed by atoms with Crippen LogP contribution in [0.2, 0.25) is 0 Å². The van der Waals surface area contributed by atoms with Crippen LogP contribution in [-0.2, 0) is 15.7 Å². The van der Waals surface area contributed by atoms with E-state index in [2.05, 4.69) is 10.6 Å². The van der Waals surface area contributed by atoms with Gasteiger partial charge in [-0.2, -0.15) is 13.2 Å². The Morgan fingerprint density at radius 2 is 1.79 bits per heavy atom. The van der Waals surface area contributed by atoms with Crippen LogP contribution in [0.1, 0.15) is 31.0 Å². The van der Waals surface area contributed by atoms with Gasteiger partial charge in [-0.05, 0) is 37.6 Å². The molecule has 2 N–H and O–H groups in total. The number of carbonyl (C=O) groups excluding carboxylic acids is 2. The van der Waals surface area contributed by atoms with Crippen molar-refractivity contribution < 1.29 is 32.2 Å². The second-order valence-corrected chi connectivity index (χ2v) is 7.80. The van der Waals surface area contributed by atoms with Crippen LogP contribution in [0.25, 0.3) is 0 Å². The van der Waals surface area contributed by atoms with Crippen LogP contribution in [0, 0.1) is 0 Å². The molecule has 0 aromatic heterocycles. The fraction of sp³-hybridized carbons (Fsp3) is 0.333. The second kappa shape index (κ2) is 10.2. The maximum absolute atomic E-state index is 13.8. The number of alkyl halides is 3. The minimum atomic E-state index is -4.68. The minimum Gasteiger partial charge on any atom is -0.495 e. The number of benzene rings is 2. The molecule has 0 bridgehead atoms. The van der Waals surface area contributed by atoms with Crippen molar-refractivity contribution in [2.24, 2.45) is 0 Å². The Bertz CT molecular complexity index is 1100. The SMILES string of the molecule is COC[C@@H](C)N1C(=O)N[C@@H](c2ccccc2C(F)(F)F)C(C(=O)Nc2ccccc2OC)=C1C. The number of anilines is 1. The van der Waals surface area contributed by atoms with Gasteiger partial charge in [0.15, 0.2) is 0 Å². The first kappa shape index (κ1) is 25.1. The van der Waals surface area contributed by atoms with Crippen LogP contribution in [0.3, 0.4) is 0 Å². The van der Waals surface area contributed by atoms with Crippen molar-refractivity contribution in [3.8, 4) is 5.75 Å². The summed E-state index contributed by atoms with van der Waals surface area (Å²) in [6, 6.07) is 9.10. The molecule has 2 aromatic rings. The number of urea groups is 1. The molecule has 1 aliphatic rings. The Morgan fingerprint density at radius 3 is 2.44 bits per heavy atom. The largest absolute Gasteiger partial charge is 0.495 e. The molecule has 0 aliphatic carbocycles. The Morgan fingerprint density at radius 1 is 1.15 bits per heavy atom. The lowest BCUT2D eigenvalue weighted by Crippen LogP contribution is -2.52. The van der Waals surface area contributed by atoms with Crippen molar-refractivity contribution in [3.05, 3.63) is 70.9 Å². The van der Waals surface area contributed by atoms with E-state index < -0.39 is 35.8 Å². The van der Waals surface area contributed by atoms with E-state index >= 15 is 0 Å². The number of halogens is 3. The summed E-state index contributed by atoms with van der Waals surface area (Å²) in [7, 11) is 2.90. The summed E-state index contributed by atoms with van der Waals surface area (Å²) in [6.07, 6.45) is -4.68. The molecule has 3 rings (SSSR count). The summed E-state index contributed by atoms with van der Waals surface area (Å²) in [5.74, 6) is -0.288. The van der Waals surface area contributed by atoms with E-state index in [-0.39, 0.29) is 23.4 Å². The molecule has 0 spiro atoms. The highest BCUT2D eigenvalue weighted by atomic mass is 19.4. The minimum absolute atomic E-state index is 0.0230. The normalized spacial score (nSPS) is 17.3. The van der Waals surface area contributed by atoms with Crippen molar-refractivity contribution in [1.29, 1.82) is 0 Å². The summed E-state index contributed by atoms with van der Waals surface area (Å²) < 4.78 is 51.8. The summed E-state index contributed by atoms with van der Waals surface area (Å²) in [5, 5.41) is 5.31. The van der Waals surface area contributed by atoms with Gasteiger partial charge in [0.1, 0.15) is 5.75 Å². The first-order chi connectivity index (χ1) is 16.1. The van der Waals surface area contributed by atoms with Crippen molar-refractivity contribution in [2.75, 3.05) is 26.1 Å². The summed E-state index contributed by atoms with van der Waals surface area (Å²) in [6.45, 7) is 3.41. The molecule has 0 saturated carbocycles. The van der Waals surface area contributed by atoms with Crippen molar-refractivity contribution in [3.63, 3.8) is 0 Å². The lowest BCUT2D eigenvalue weighted by Gasteiger charge is -2.39.